The number of likely N-dealkylation sites (tertiary alicyclic amines) is 1. The molecule has 1 amide bonds. The number of nitrogens with zero attached hydrogens (tertiary/aromatic N) is 4. The Morgan fingerprint density at radius 1 is 1.19 bits per heavy atom. The molecule has 2 heterocycles. The van der Waals surface area contributed by atoms with Crippen LogP contribution in [0.4, 0.5) is 15.1 Å². The maximum atomic E-state index is 14.4. The van der Waals surface area contributed by atoms with Crippen LogP contribution in [0.1, 0.15) is 39.2 Å². The van der Waals surface area contributed by atoms with Gasteiger partial charge in [-0.3, -0.25) is 0 Å². The molecule has 170 valence electrons. The zero-order valence-electron chi connectivity index (χ0n) is 19.2. The maximum Gasteiger partial charge on any atom is 0.410 e. The lowest BCUT2D eigenvalue weighted by Crippen LogP contribution is -2.50. The predicted octanol–water partition coefficient (Wildman–Crippen LogP) is 5.06. The number of anilines is 1. The zero-order chi connectivity index (χ0) is 22.9. The Labute approximate surface area is 188 Å². The number of carbonyl (C=O) groups excluding carboxylic acids is 1. The number of hydrogen-bond donors (Lipinski definition) is 0. The molecule has 1 fully saturated rings. The van der Waals surface area contributed by atoms with Crippen molar-refractivity contribution in [1.82, 2.24) is 14.5 Å². The van der Waals surface area contributed by atoms with E-state index in [4.69, 9.17) is 9.72 Å². The summed E-state index contributed by atoms with van der Waals surface area (Å²) in [6, 6.07) is 14.8. The fourth-order valence-corrected chi connectivity index (χ4v) is 4.21. The van der Waals surface area contributed by atoms with Crippen LogP contribution in [0.25, 0.3) is 11.0 Å². The number of para-hydroxylation sites is 2. The van der Waals surface area contributed by atoms with Gasteiger partial charge in [0.05, 0.1) is 17.6 Å². The number of rotatable bonds is 4. The van der Waals surface area contributed by atoms with Crippen molar-refractivity contribution in [2.24, 2.45) is 0 Å². The Kier molecular flexibility index (Phi) is 6.09. The Balaban J connectivity index is 1.62. The van der Waals surface area contributed by atoms with Gasteiger partial charge in [-0.05, 0) is 51.8 Å². The third-order valence-corrected chi connectivity index (χ3v) is 5.83. The van der Waals surface area contributed by atoms with E-state index in [0.29, 0.717) is 25.2 Å². The van der Waals surface area contributed by atoms with Crippen molar-refractivity contribution in [2.75, 3.05) is 25.0 Å². The van der Waals surface area contributed by atoms with Crippen molar-refractivity contribution in [3.8, 4) is 0 Å². The molecule has 1 saturated heterocycles. The number of likely N-dealkylation sites (N-methyl/N-ethyl adjacent to an activating group) is 1. The van der Waals surface area contributed by atoms with Gasteiger partial charge in [-0.1, -0.05) is 30.3 Å². The number of halogens is 1. The van der Waals surface area contributed by atoms with Gasteiger partial charge in [0.1, 0.15) is 11.4 Å². The first kappa shape index (κ1) is 22.1. The SMILES string of the molecule is CN(c1nc2ccccc2n1Cc1ccccc1F)[C@H]1CCCN(C(=O)OC(C)(C)C)C1. The average molecular weight is 439 g/mol. The van der Waals surface area contributed by atoms with E-state index in [1.54, 1.807) is 17.0 Å². The van der Waals surface area contributed by atoms with Crippen molar-refractivity contribution >= 4 is 23.1 Å². The average Bonchev–Trinajstić information content (AvgIpc) is 3.12. The predicted molar refractivity (Wildman–Crippen MR) is 124 cm³/mol. The second-order valence-corrected chi connectivity index (χ2v) is 9.41. The van der Waals surface area contributed by atoms with Crippen LogP contribution in [-0.2, 0) is 11.3 Å². The van der Waals surface area contributed by atoms with E-state index in [-0.39, 0.29) is 18.0 Å². The molecule has 3 aromatic rings. The molecule has 1 atom stereocenters. The summed E-state index contributed by atoms with van der Waals surface area (Å²) in [4.78, 5) is 21.4. The molecule has 1 aromatic heterocycles. The van der Waals surface area contributed by atoms with Crippen LogP contribution in [0, 0.1) is 5.82 Å². The number of hydrogen-bond acceptors (Lipinski definition) is 4. The number of fused-ring (bicyclic) bond motifs is 1. The molecule has 1 aliphatic heterocycles. The topological polar surface area (TPSA) is 50.6 Å². The quantitative estimate of drug-likeness (QED) is 0.571. The Morgan fingerprint density at radius 3 is 2.66 bits per heavy atom. The second-order valence-electron chi connectivity index (χ2n) is 9.41. The van der Waals surface area contributed by atoms with Crippen molar-refractivity contribution < 1.29 is 13.9 Å². The first-order valence-corrected chi connectivity index (χ1v) is 11.1. The van der Waals surface area contributed by atoms with E-state index < -0.39 is 5.60 Å². The number of amides is 1. The minimum atomic E-state index is -0.524. The normalized spacial score (nSPS) is 16.9. The summed E-state index contributed by atoms with van der Waals surface area (Å²) in [5, 5.41) is 0. The van der Waals surface area contributed by atoms with Gasteiger partial charge >= 0.3 is 6.09 Å². The molecule has 0 saturated carbocycles. The van der Waals surface area contributed by atoms with Crippen LogP contribution >= 0.6 is 0 Å². The van der Waals surface area contributed by atoms with E-state index in [1.807, 2.05) is 58.2 Å². The minimum absolute atomic E-state index is 0.0902. The molecule has 0 unspecified atom stereocenters. The maximum absolute atomic E-state index is 14.4. The molecule has 4 rings (SSSR count). The van der Waals surface area contributed by atoms with Crippen molar-refractivity contribution in [3.63, 3.8) is 0 Å². The van der Waals surface area contributed by atoms with Crippen molar-refractivity contribution in [1.29, 1.82) is 0 Å². The highest BCUT2D eigenvalue weighted by Crippen LogP contribution is 2.28. The number of piperidine rings is 1. The molecule has 0 spiro atoms. The summed E-state index contributed by atoms with van der Waals surface area (Å²) in [5.41, 5.74) is 1.91. The standard InChI is InChI=1S/C25H31FN4O2/c1-25(2,3)32-24(31)29-15-9-11-19(17-29)28(4)23-27-21-13-7-8-14-22(21)30(23)16-18-10-5-6-12-20(18)26/h5-8,10,12-14,19H,9,11,15-17H2,1-4H3/t19-/m0/s1. The Bertz CT molecular complexity index is 1100. The van der Waals surface area contributed by atoms with Crippen LogP contribution in [-0.4, -0.2) is 52.3 Å². The third-order valence-electron chi connectivity index (χ3n) is 5.83. The highest BCUT2D eigenvalue weighted by molar-refractivity contribution is 5.79. The highest BCUT2D eigenvalue weighted by atomic mass is 19.1. The van der Waals surface area contributed by atoms with Crippen molar-refractivity contribution in [2.45, 2.75) is 51.8 Å². The molecule has 0 N–H and O–H groups in total. The lowest BCUT2D eigenvalue weighted by molar-refractivity contribution is 0.0199. The number of ether oxygens (including phenoxy) is 1. The summed E-state index contributed by atoms with van der Waals surface area (Å²) in [7, 11) is 2.00. The minimum Gasteiger partial charge on any atom is -0.444 e. The molecule has 0 aliphatic carbocycles. The van der Waals surface area contributed by atoms with Gasteiger partial charge in [-0.25, -0.2) is 14.2 Å². The number of benzene rings is 2. The van der Waals surface area contributed by atoms with Gasteiger partial charge in [0.2, 0.25) is 5.95 Å². The largest absolute Gasteiger partial charge is 0.444 e. The molecule has 0 bridgehead atoms. The zero-order valence-corrected chi connectivity index (χ0v) is 19.2. The number of aromatic nitrogens is 2. The Hall–Kier alpha value is -3.09. The Morgan fingerprint density at radius 2 is 1.91 bits per heavy atom. The summed E-state index contributed by atoms with van der Waals surface area (Å²) in [5.74, 6) is 0.540. The fourth-order valence-electron chi connectivity index (χ4n) is 4.21. The molecule has 0 radical (unpaired) electrons. The van der Waals surface area contributed by atoms with E-state index in [0.717, 1.165) is 29.8 Å². The van der Waals surface area contributed by atoms with Gasteiger partial charge in [-0.15, -0.1) is 0 Å². The third kappa shape index (κ3) is 4.71. The van der Waals surface area contributed by atoms with Crippen LogP contribution in [0.3, 0.4) is 0 Å². The summed E-state index contributed by atoms with van der Waals surface area (Å²) < 4.78 is 22.1. The summed E-state index contributed by atoms with van der Waals surface area (Å²) in [6.45, 7) is 7.27. The highest BCUT2D eigenvalue weighted by Gasteiger charge is 2.31. The van der Waals surface area contributed by atoms with Gasteiger partial charge in [0, 0.05) is 31.7 Å². The molecule has 32 heavy (non-hydrogen) atoms. The summed E-state index contributed by atoms with van der Waals surface area (Å²) >= 11 is 0. The first-order valence-electron chi connectivity index (χ1n) is 11.1. The van der Waals surface area contributed by atoms with Gasteiger partial charge in [-0.2, -0.15) is 0 Å². The van der Waals surface area contributed by atoms with E-state index in [9.17, 15) is 9.18 Å². The number of imidazole rings is 1. The molecular formula is C25H31FN4O2. The van der Waals surface area contributed by atoms with E-state index in [2.05, 4.69) is 9.47 Å². The van der Waals surface area contributed by atoms with Crippen LogP contribution in [0.2, 0.25) is 0 Å². The van der Waals surface area contributed by atoms with Crippen molar-refractivity contribution in [3.05, 3.63) is 59.9 Å². The van der Waals surface area contributed by atoms with Crippen LogP contribution in [0.5, 0.6) is 0 Å². The van der Waals surface area contributed by atoms with E-state index >= 15 is 0 Å². The molecule has 7 heteroatoms. The molecule has 2 aromatic carbocycles. The monoisotopic (exact) mass is 438 g/mol. The lowest BCUT2D eigenvalue weighted by atomic mass is 10.1. The lowest BCUT2D eigenvalue weighted by Gasteiger charge is -2.38. The second kappa shape index (κ2) is 8.81. The van der Waals surface area contributed by atoms with Gasteiger partial charge in [0.15, 0.2) is 0 Å². The molecule has 6 nitrogen and oxygen atoms in total. The number of carbonyl (C=O) groups is 1. The molecular weight excluding hydrogens is 407 g/mol. The van der Waals surface area contributed by atoms with E-state index in [1.165, 1.54) is 6.07 Å². The van der Waals surface area contributed by atoms with Crippen LogP contribution < -0.4 is 4.90 Å². The smallest absolute Gasteiger partial charge is 0.410 e. The molecule has 1 aliphatic rings. The van der Waals surface area contributed by atoms with Gasteiger partial charge in [0.25, 0.3) is 0 Å². The fraction of sp³-hybridized carbons (Fsp3) is 0.440. The first-order chi connectivity index (χ1) is 15.2. The summed E-state index contributed by atoms with van der Waals surface area (Å²) in [6.07, 6.45) is 1.55. The van der Waals surface area contributed by atoms with Gasteiger partial charge < -0.3 is 19.1 Å². The van der Waals surface area contributed by atoms with Crippen LogP contribution in [0.15, 0.2) is 48.5 Å².